The summed E-state index contributed by atoms with van der Waals surface area (Å²) in [5.74, 6) is -0.127. The Morgan fingerprint density at radius 1 is 1.53 bits per heavy atom. The third-order valence-corrected chi connectivity index (χ3v) is 3.84. The van der Waals surface area contributed by atoms with Crippen molar-refractivity contribution in [2.24, 2.45) is 11.3 Å². The lowest BCUT2D eigenvalue weighted by Gasteiger charge is -2.41. The quantitative estimate of drug-likeness (QED) is 0.791. The number of carbonyl (C=O) groups is 1. The molecule has 1 N–H and O–H groups in total. The van der Waals surface area contributed by atoms with Crippen LogP contribution in [0.1, 0.15) is 26.7 Å². The molecule has 2 unspecified atom stereocenters. The Hall–Kier alpha value is -0.610. The minimum atomic E-state index is -0.701. The monoisotopic (exact) mass is 242 g/mol. The highest BCUT2D eigenvalue weighted by Crippen LogP contribution is 2.36. The van der Waals surface area contributed by atoms with Crippen LogP contribution in [-0.4, -0.2) is 61.2 Å². The molecule has 0 saturated carbocycles. The molecule has 0 radical (unpaired) electrons. The van der Waals surface area contributed by atoms with Gasteiger partial charge in [0.25, 0.3) is 0 Å². The molecule has 1 heterocycles. The predicted octanol–water partition coefficient (Wildman–Crippen LogP) is 1.37. The molecule has 0 spiro atoms. The molecule has 4 nitrogen and oxygen atoms in total. The van der Waals surface area contributed by atoms with Gasteiger partial charge in [-0.2, -0.15) is 0 Å². The van der Waals surface area contributed by atoms with E-state index in [4.69, 9.17) is 5.11 Å². The van der Waals surface area contributed by atoms with Crippen LogP contribution in [0.15, 0.2) is 0 Å². The number of nitrogens with zero attached hydrogens (tertiary/aromatic N) is 2. The summed E-state index contributed by atoms with van der Waals surface area (Å²) in [6, 6.07) is 0.323. The standard InChI is InChI=1S/C13H26N2O2/c1-13(2,8-11(16)17)12(14(3)4)10-6-7-15(5)9-10/h10,12H,6-9H2,1-5H3,(H,16,17). The molecule has 4 heteroatoms. The molecule has 100 valence electrons. The van der Waals surface area contributed by atoms with E-state index in [0.29, 0.717) is 12.0 Å². The van der Waals surface area contributed by atoms with Gasteiger partial charge in [0.15, 0.2) is 0 Å². The summed E-state index contributed by atoms with van der Waals surface area (Å²) < 4.78 is 0. The van der Waals surface area contributed by atoms with Crippen molar-refractivity contribution in [2.75, 3.05) is 34.2 Å². The van der Waals surface area contributed by atoms with Crippen molar-refractivity contribution >= 4 is 5.97 Å². The first-order valence-electron chi connectivity index (χ1n) is 6.31. The van der Waals surface area contributed by atoms with Crippen LogP contribution in [0.2, 0.25) is 0 Å². The van der Waals surface area contributed by atoms with Gasteiger partial charge >= 0.3 is 5.97 Å². The molecular weight excluding hydrogens is 216 g/mol. The van der Waals surface area contributed by atoms with E-state index in [0.717, 1.165) is 13.1 Å². The number of aliphatic carboxylic acids is 1. The molecule has 0 amide bonds. The van der Waals surface area contributed by atoms with Crippen LogP contribution in [0.3, 0.4) is 0 Å². The summed E-state index contributed by atoms with van der Waals surface area (Å²) in [4.78, 5) is 15.5. The Morgan fingerprint density at radius 2 is 2.12 bits per heavy atom. The normalized spacial score (nSPS) is 24.2. The lowest BCUT2D eigenvalue weighted by molar-refractivity contribution is -0.140. The Kier molecular flexibility index (Phi) is 4.55. The minimum Gasteiger partial charge on any atom is -0.481 e. The zero-order chi connectivity index (χ0) is 13.2. The SMILES string of the molecule is CN1CCC(C(N(C)C)C(C)(C)CC(=O)O)C1. The highest BCUT2D eigenvalue weighted by molar-refractivity contribution is 5.67. The van der Waals surface area contributed by atoms with Crippen LogP contribution in [0.25, 0.3) is 0 Å². The molecule has 1 saturated heterocycles. The minimum absolute atomic E-state index is 0.189. The molecular formula is C13H26N2O2. The van der Waals surface area contributed by atoms with Crippen molar-refractivity contribution in [1.82, 2.24) is 9.80 Å². The molecule has 0 aromatic heterocycles. The van der Waals surface area contributed by atoms with E-state index in [1.807, 2.05) is 0 Å². The first kappa shape index (κ1) is 14.5. The van der Waals surface area contributed by atoms with Crippen LogP contribution in [0, 0.1) is 11.3 Å². The maximum Gasteiger partial charge on any atom is 0.303 e. The summed E-state index contributed by atoms with van der Waals surface area (Å²) in [7, 11) is 6.26. The third kappa shape index (κ3) is 3.68. The fourth-order valence-corrected chi connectivity index (χ4v) is 3.48. The molecule has 1 aliphatic heterocycles. The molecule has 1 rings (SSSR count). The van der Waals surface area contributed by atoms with Crippen molar-refractivity contribution in [3.63, 3.8) is 0 Å². The van der Waals surface area contributed by atoms with Crippen molar-refractivity contribution in [2.45, 2.75) is 32.7 Å². The summed E-state index contributed by atoms with van der Waals surface area (Å²) in [6.45, 7) is 6.35. The Bertz CT molecular complexity index is 277. The van der Waals surface area contributed by atoms with Gasteiger partial charge < -0.3 is 14.9 Å². The Morgan fingerprint density at radius 3 is 2.47 bits per heavy atom. The van der Waals surface area contributed by atoms with Crippen LogP contribution in [0.5, 0.6) is 0 Å². The zero-order valence-electron chi connectivity index (χ0n) is 11.7. The fourth-order valence-electron chi connectivity index (χ4n) is 3.48. The molecule has 0 aromatic rings. The molecule has 1 fully saturated rings. The van der Waals surface area contributed by atoms with Gasteiger partial charge in [0.1, 0.15) is 0 Å². The molecule has 17 heavy (non-hydrogen) atoms. The van der Waals surface area contributed by atoms with Gasteiger partial charge in [-0.3, -0.25) is 4.79 Å². The first-order valence-corrected chi connectivity index (χ1v) is 6.31. The fraction of sp³-hybridized carbons (Fsp3) is 0.923. The summed E-state index contributed by atoms with van der Waals surface area (Å²) in [5.41, 5.74) is -0.189. The molecule has 2 atom stereocenters. The van der Waals surface area contributed by atoms with Gasteiger partial charge in [0.05, 0.1) is 6.42 Å². The maximum absolute atomic E-state index is 11.0. The lowest BCUT2D eigenvalue weighted by Crippen LogP contribution is -2.48. The first-order chi connectivity index (χ1) is 7.74. The Labute approximate surface area is 105 Å². The van der Waals surface area contributed by atoms with Crippen LogP contribution >= 0.6 is 0 Å². The van der Waals surface area contributed by atoms with E-state index in [1.54, 1.807) is 0 Å². The van der Waals surface area contributed by atoms with Gasteiger partial charge in [-0.15, -0.1) is 0 Å². The summed E-state index contributed by atoms with van der Waals surface area (Å²) >= 11 is 0. The number of carboxylic acid groups (broad SMARTS) is 1. The topological polar surface area (TPSA) is 43.8 Å². The molecule has 1 aliphatic rings. The van der Waals surface area contributed by atoms with Crippen molar-refractivity contribution in [3.05, 3.63) is 0 Å². The number of hydrogen-bond acceptors (Lipinski definition) is 3. The van der Waals surface area contributed by atoms with E-state index in [1.165, 1.54) is 6.42 Å². The average molecular weight is 242 g/mol. The molecule has 0 bridgehead atoms. The van der Waals surface area contributed by atoms with Gasteiger partial charge in [-0.05, 0) is 45.4 Å². The molecule has 0 aliphatic carbocycles. The van der Waals surface area contributed by atoms with Crippen molar-refractivity contribution < 1.29 is 9.90 Å². The number of carboxylic acids is 1. The largest absolute Gasteiger partial charge is 0.481 e. The summed E-state index contributed by atoms with van der Waals surface area (Å²) in [5, 5.41) is 9.05. The van der Waals surface area contributed by atoms with E-state index < -0.39 is 5.97 Å². The second-order valence-electron chi connectivity index (χ2n) is 6.28. The van der Waals surface area contributed by atoms with E-state index in [9.17, 15) is 4.79 Å². The van der Waals surface area contributed by atoms with E-state index >= 15 is 0 Å². The number of rotatable bonds is 5. The van der Waals surface area contributed by atoms with Crippen molar-refractivity contribution in [1.29, 1.82) is 0 Å². The molecule has 0 aromatic carbocycles. The number of hydrogen-bond donors (Lipinski definition) is 1. The predicted molar refractivity (Wildman–Crippen MR) is 69.1 cm³/mol. The maximum atomic E-state index is 11.0. The van der Waals surface area contributed by atoms with Gasteiger partial charge in [-0.1, -0.05) is 13.8 Å². The van der Waals surface area contributed by atoms with Crippen molar-refractivity contribution in [3.8, 4) is 0 Å². The van der Waals surface area contributed by atoms with Gasteiger partial charge in [-0.25, -0.2) is 0 Å². The third-order valence-electron chi connectivity index (χ3n) is 3.84. The smallest absolute Gasteiger partial charge is 0.303 e. The average Bonchev–Trinajstić information content (AvgIpc) is 2.47. The van der Waals surface area contributed by atoms with Crippen LogP contribution < -0.4 is 0 Å². The summed E-state index contributed by atoms with van der Waals surface area (Å²) in [6.07, 6.45) is 1.40. The second-order valence-corrected chi connectivity index (χ2v) is 6.28. The highest BCUT2D eigenvalue weighted by atomic mass is 16.4. The van der Waals surface area contributed by atoms with E-state index in [-0.39, 0.29) is 11.8 Å². The highest BCUT2D eigenvalue weighted by Gasteiger charge is 2.40. The lowest BCUT2D eigenvalue weighted by atomic mass is 9.74. The number of likely N-dealkylation sites (tertiary alicyclic amines) is 1. The van der Waals surface area contributed by atoms with E-state index in [2.05, 4.69) is 44.8 Å². The van der Waals surface area contributed by atoms with Crippen LogP contribution in [0.4, 0.5) is 0 Å². The van der Waals surface area contributed by atoms with Gasteiger partial charge in [0, 0.05) is 12.6 Å². The second kappa shape index (κ2) is 5.36. The van der Waals surface area contributed by atoms with Gasteiger partial charge in [0.2, 0.25) is 0 Å². The van der Waals surface area contributed by atoms with Crippen LogP contribution in [-0.2, 0) is 4.79 Å². The Balaban J connectivity index is 2.81. The zero-order valence-corrected chi connectivity index (χ0v) is 11.7.